The summed E-state index contributed by atoms with van der Waals surface area (Å²) >= 11 is 7.22. The summed E-state index contributed by atoms with van der Waals surface area (Å²) < 4.78 is 11.6. The molecule has 3 rings (SSSR count). The van der Waals surface area contributed by atoms with E-state index in [1.165, 1.54) is 11.3 Å². The van der Waals surface area contributed by atoms with E-state index in [1.54, 1.807) is 26.4 Å². The van der Waals surface area contributed by atoms with Gasteiger partial charge < -0.3 is 14.4 Å². The first kappa shape index (κ1) is 20.4. The molecule has 0 fully saturated rings. The lowest BCUT2D eigenvalue weighted by Crippen LogP contribution is -2.22. The van der Waals surface area contributed by atoms with E-state index in [2.05, 4.69) is 15.2 Å². The van der Waals surface area contributed by atoms with E-state index < -0.39 is 0 Å². The highest BCUT2D eigenvalue weighted by Crippen LogP contribution is 2.39. The molecule has 148 valence electrons. The fraction of sp³-hybridized carbons (Fsp3) is 0.300. The average molecular weight is 420 g/mol. The second kappa shape index (κ2) is 9.23. The first-order valence-corrected chi connectivity index (χ1v) is 10.1. The Balaban J connectivity index is 1.90. The summed E-state index contributed by atoms with van der Waals surface area (Å²) in [5.74, 6) is 0.870. The van der Waals surface area contributed by atoms with E-state index in [-0.39, 0.29) is 5.91 Å². The number of amides is 1. The van der Waals surface area contributed by atoms with E-state index in [9.17, 15) is 4.79 Å². The fourth-order valence-electron chi connectivity index (χ4n) is 2.75. The lowest BCUT2D eigenvalue weighted by Gasteiger charge is -2.19. The van der Waals surface area contributed by atoms with Crippen molar-refractivity contribution in [3.8, 4) is 5.75 Å². The van der Waals surface area contributed by atoms with Gasteiger partial charge in [0, 0.05) is 32.1 Å². The maximum Gasteiger partial charge on any atom is 0.257 e. The van der Waals surface area contributed by atoms with Crippen LogP contribution in [0.2, 0.25) is 0 Å². The van der Waals surface area contributed by atoms with Gasteiger partial charge in [-0.15, -0.1) is 11.6 Å². The number of ether oxygens (including phenoxy) is 2. The van der Waals surface area contributed by atoms with Crippen LogP contribution in [0.25, 0.3) is 10.2 Å². The van der Waals surface area contributed by atoms with Crippen molar-refractivity contribution in [1.82, 2.24) is 4.98 Å². The highest BCUT2D eigenvalue weighted by molar-refractivity contribution is 7.23. The number of aromatic nitrogens is 1. The number of thiazole rings is 1. The minimum Gasteiger partial charge on any atom is -0.494 e. The molecular weight excluding hydrogens is 398 g/mol. The number of hydrogen-bond acceptors (Lipinski definition) is 6. The third-order valence-electron chi connectivity index (χ3n) is 4.34. The molecule has 0 aliphatic heterocycles. The number of nitrogens with zero attached hydrogens (tertiary/aromatic N) is 2. The van der Waals surface area contributed by atoms with Crippen LogP contribution >= 0.6 is 22.9 Å². The molecule has 0 saturated carbocycles. The van der Waals surface area contributed by atoms with Crippen molar-refractivity contribution in [3.63, 3.8) is 0 Å². The van der Waals surface area contributed by atoms with Crippen LogP contribution in [0.5, 0.6) is 5.75 Å². The SMILES string of the molecule is COCCN(C)c1ccc(OC)c2nc(NC(=O)c3ccc(CCl)cc3)sc12. The van der Waals surface area contributed by atoms with Gasteiger partial charge in [-0.3, -0.25) is 10.1 Å². The number of benzene rings is 2. The Labute approximate surface area is 173 Å². The van der Waals surface area contributed by atoms with Crippen LogP contribution < -0.4 is 15.0 Å². The van der Waals surface area contributed by atoms with Gasteiger partial charge in [0.15, 0.2) is 5.13 Å². The number of anilines is 2. The van der Waals surface area contributed by atoms with E-state index in [1.807, 2.05) is 31.3 Å². The first-order chi connectivity index (χ1) is 13.6. The van der Waals surface area contributed by atoms with Gasteiger partial charge in [-0.2, -0.15) is 0 Å². The molecule has 0 aliphatic rings. The molecule has 0 bridgehead atoms. The summed E-state index contributed by atoms with van der Waals surface area (Å²) in [5.41, 5.74) is 3.25. The van der Waals surface area contributed by atoms with E-state index in [0.29, 0.717) is 28.9 Å². The summed E-state index contributed by atoms with van der Waals surface area (Å²) in [7, 11) is 5.28. The molecule has 6 nitrogen and oxygen atoms in total. The Bertz CT molecular complexity index is 959. The third kappa shape index (κ3) is 4.38. The second-order valence-electron chi connectivity index (χ2n) is 6.18. The van der Waals surface area contributed by atoms with Crippen molar-refractivity contribution in [3.05, 3.63) is 47.5 Å². The van der Waals surface area contributed by atoms with Gasteiger partial charge in [0.1, 0.15) is 11.3 Å². The smallest absolute Gasteiger partial charge is 0.257 e. The Kier molecular flexibility index (Phi) is 6.72. The zero-order valence-electron chi connectivity index (χ0n) is 16.0. The number of carbonyl (C=O) groups excluding carboxylic acids is 1. The van der Waals surface area contributed by atoms with Crippen LogP contribution in [-0.4, -0.2) is 45.3 Å². The largest absolute Gasteiger partial charge is 0.494 e. The number of likely N-dealkylation sites (N-methyl/N-ethyl adjacent to an activating group) is 1. The number of nitrogens with one attached hydrogen (secondary N) is 1. The maximum atomic E-state index is 12.6. The average Bonchev–Trinajstić information content (AvgIpc) is 3.14. The normalized spacial score (nSPS) is 10.9. The number of methoxy groups -OCH3 is 2. The number of carbonyl (C=O) groups is 1. The molecule has 0 unspecified atom stereocenters. The van der Waals surface area contributed by atoms with Crippen LogP contribution in [0.1, 0.15) is 15.9 Å². The molecule has 1 aromatic heterocycles. The van der Waals surface area contributed by atoms with Crippen LogP contribution in [-0.2, 0) is 10.6 Å². The summed E-state index contributed by atoms with van der Waals surface area (Å²) in [4.78, 5) is 19.3. The van der Waals surface area contributed by atoms with Gasteiger partial charge in [0.05, 0.1) is 24.1 Å². The second-order valence-corrected chi connectivity index (χ2v) is 7.45. The molecule has 0 atom stereocenters. The van der Waals surface area contributed by atoms with Crippen LogP contribution in [0.4, 0.5) is 10.8 Å². The summed E-state index contributed by atoms with van der Waals surface area (Å²) in [6.45, 7) is 1.36. The van der Waals surface area contributed by atoms with Crippen molar-refractivity contribution in [2.75, 3.05) is 44.6 Å². The number of rotatable bonds is 8. The zero-order valence-corrected chi connectivity index (χ0v) is 17.6. The molecule has 8 heteroatoms. The molecule has 0 radical (unpaired) electrons. The molecule has 1 N–H and O–H groups in total. The number of alkyl halides is 1. The number of fused-ring (bicyclic) bond motifs is 1. The predicted molar refractivity (Wildman–Crippen MR) is 115 cm³/mol. The maximum absolute atomic E-state index is 12.6. The van der Waals surface area contributed by atoms with Crippen molar-refractivity contribution < 1.29 is 14.3 Å². The lowest BCUT2D eigenvalue weighted by atomic mass is 10.1. The molecule has 3 aromatic rings. The molecule has 1 heterocycles. The van der Waals surface area contributed by atoms with Crippen LogP contribution in [0, 0.1) is 0 Å². The summed E-state index contributed by atoms with van der Waals surface area (Å²) in [5, 5.41) is 3.40. The Hall–Kier alpha value is -2.35. The van der Waals surface area contributed by atoms with E-state index in [0.717, 1.165) is 28.0 Å². The number of halogens is 1. The van der Waals surface area contributed by atoms with Gasteiger partial charge >= 0.3 is 0 Å². The van der Waals surface area contributed by atoms with Crippen LogP contribution in [0.15, 0.2) is 36.4 Å². The Morgan fingerprint density at radius 2 is 1.96 bits per heavy atom. The molecule has 0 spiro atoms. The molecule has 28 heavy (non-hydrogen) atoms. The monoisotopic (exact) mass is 419 g/mol. The summed E-state index contributed by atoms with van der Waals surface area (Å²) in [6.07, 6.45) is 0. The fourth-order valence-corrected chi connectivity index (χ4v) is 3.98. The molecule has 0 saturated heterocycles. The van der Waals surface area contributed by atoms with Crippen molar-refractivity contribution in [2.45, 2.75) is 5.88 Å². The van der Waals surface area contributed by atoms with Crippen molar-refractivity contribution in [2.24, 2.45) is 0 Å². The minimum atomic E-state index is -0.214. The van der Waals surface area contributed by atoms with Gasteiger partial charge in [-0.1, -0.05) is 23.5 Å². The molecule has 0 aliphatic carbocycles. The molecule has 2 aromatic carbocycles. The quantitative estimate of drug-likeness (QED) is 0.549. The van der Waals surface area contributed by atoms with Gasteiger partial charge in [0.2, 0.25) is 0 Å². The highest BCUT2D eigenvalue weighted by atomic mass is 35.5. The van der Waals surface area contributed by atoms with E-state index in [4.69, 9.17) is 21.1 Å². The van der Waals surface area contributed by atoms with Gasteiger partial charge in [-0.05, 0) is 29.8 Å². The topological polar surface area (TPSA) is 63.7 Å². The third-order valence-corrected chi connectivity index (χ3v) is 5.64. The van der Waals surface area contributed by atoms with Gasteiger partial charge in [-0.25, -0.2) is 4.98 Å². The van der Waals surface area contributed by atoms with E-state index >= 15 is 0 Å². The Morgan fingerprint density at radius 3 is 2.61 bits per heavy atom. The lowest BCUT2D eigenvalue weighted by molar-refractivity contribution is 0.102. The highest BCUT2D eigenvalue weighted by Gasteiger charge is 2.17. The van der Waals surface area contributed by atoms with Crippen molar-refractivity contribution in [1.29, 1.82) is 0 Å². The molecule has 1 amide bonds. The minimum absolute atomic E-state index is 0.214. The van der Waals surface area contributed by atoms with Gasteiger partial charge in [0.25, 0.3) is 5.91 Å². The van der Waals surface area contributed by atoms with Crippen molar-refractivity contribution >= 4 is 49.9 Å². The number of hydrogen-bond donors (Lipinski definition) is 1. The standard InChI is InChI=1S/C20H22ClN3O3S/c1-24(10-11-26-2)15-8-9-16(27-3)17-18(15)28-20(22-17)23-19(25)14-6-4-13(12-21)5-7-14/h4-9H,10-12H2,1-3H3,(H,22,23,25). The molecular formula is C20H22ClN3O3S. The Morgan fingerprint density at radius 1 is 1.21 bits per heavy atom. The summed E-state index contributed by atoms with van der Waals surface area (Å²) in [6, 6.07) is 11.1. The zero-order chi connectivity index (χ0) is 20.1. The van der Waals surface area contributed by atoms with Crippen LogP contribution in [0.3, 0.4) is 0 Å². The predicted octanol–water partition coefficient (Wildman–Crippen LogP) is 4.38. The first-order valence-electron chi connectivity index (χ1n) is 8.71.